The van der Waals surface area contributed by atoms with Gasteiger partial charge in [-0.3, -0.25) is 19.4 Å². The van der Waals surface area contributed by atoms with Gasteiger partial charge >= 0.3 is 5.69 Å². The van der Waals surface area contributed by atoms with Crippen molar-refractivity contribution in [1.82, 2.24) is 9.13 Å². The molecule has 0 saturated heterocycles. The van der Waals surface area contributed by atoms with Gasteiger partial charge < -0.3 is 5.11 Å². The van der Waals surface area contributed by atoms with E-state index in [0.29, 0.717) is 0 Å². The first-order valence-electron chi connectivity index (χ1n) is 6.70. The van der Waals surface area contributed by atoms with Gasteiger partial charge in [0.05, 0.1) is 11.4 Å². The predicted octanol–water partition coefficient (Wildman–Crippen LogP) is 0.934. The highest BCUT2D eigenvalue weighted by Gasteiger charge is 2.17. The molecular formula is C15H18N4O3. The van der Waals surface area contributed by atoms with Crippen LogP contribution in [0.1, 0.15) is 18.1 Å². The summed E-state index contributed by atoms with van der Waals surface area (Å²) in [6, 6.07) is 7.55. The molecule has 0 atom stereocenters. The molecule has 0 bridgehead atoms. The average molecular weight is 302 g/mol. The molecule has 0 aliphatic carbocycles. The SMILES string of the molecule is C/C(=N\Nc1ccccc1C)c1c(O)n(C)c(=O)n(C)c1=O. The van der Waals surface area contributed by atoms with Gasteiger partial charge in [0.15, 0.2) is 0 Å². The molecule has 1 aromatic heterocycles. The van der Waals surface area contributed by atoms with Gasteiger partial charge in [-0.15, -0.1) is 0 Å². The molecule has 1 aromatic carbocycles. The average Bonchev–Trinajstić information content (AvgIpc) is 2.50. The molecule has 0 aliphatic rings. The zero-order valence-corrected chi connectivity index (χ0v) is 12.9. The van der Waals surface area contributed by atoms with E-state index in [1.54, 1.807) is 6.92 Å². The van der Waals surface area contributed by atoms with Crippen LogP contribution >= 0.6 is 0 Å². The maximum Gasteiger partial charge on any atom is 0.333 e. The standard InChI is InChI=1S/C15H18N4O3/c1-9-7-5-6-8-11(9)17-16-10(2)12-13(20)18(3)15(22)19(4)14(12)21/h5-8,17,20H,1-4H3/b16-10+. The van der Waals surface area contributed by atoms with Gasteiger partial charge in [0.2, 0.25) is 5.88 Å². The zero-order chi connectivity index (χ0) is 16.4. The van der Waals surface area contributed by atoms with Gasteiger partial charge in [-0.25, -0.2) is 4.79 Å². The molecule has 0 saturated carbocycles. The van der Waals surface area contributed by atoms with Crippen molar-refractivity contribution in [1.29, 1.82) is 0 Å². The minimum atomic E-state index is -0.592. The lowest BCUT2D eigenvalue weighted by Crippen LogP contribution is -2.39. The normalized spacial score (nSPS) is 11.5. The number of hydrogen-bond donors (Lipinski definition) is 2. The van der Waals surface area contributed by atoms with Crippen molar-refractivity contribution in [2.45, 2.75) is 13.8 Å². The molecule has 1 heterocycles. The number of aromatic hydroxyl groups is 1. The van der Waals surface area contributed by atoms with Crippen molar-refractivity contribution in [3.8, 4) is 5.88 Å². The molecule has 2 N–H and O–H groups in total. The lowest BCUT2D eigenvalue weighted by Gasteiger charge is -2.10. The fourth-order valence-electron chi connectivity index (χ4n) is 2.05. The minimum absolute atomic E-state index is 0.00863. The summed E-state index contributed by atoms with van der Waals surface area (Å²) in [5.41, 5.74) is 3.75. The first kappa shape index (κ1) is 15.6. The fraction of sp³-hybridized carbons (Fsp3) is 0.267. The molecule has 2 rings (SSSR count). The van der Waals surface area contributed by atoms with Gasteiger partial charge in [0, 0.05) is 14.1 Å². The first-order chi connectivity index (χ1) is 10.3. The van der Waals surface area contributed by atoms with Crippen molar-refractivity contribution in [3.63, 3.8) is 0 Å². The Morgan fingerprint density at radius 3 is 2.45 bits per heavy atom. The van der Waals surface area contributed by atoms with E-state index >= 15 is 0 Å². The maximum atomic E-state index is 12.2. The number of aromatic nitrogens is 2. The molecule has 116 valence electrons. The summed E-state index contributed by atoms with van der Waals surface area (Å²) >= 11 is 0. The van der Waals surface area contributed by atoms with Gasteiger partial charge in [0.1, 0.15) is 5.56 Å². The van der Waals surface area contributed by atoms with Gasteiger partial charge in [-0.1, -0.05) is 18.2 Å². The Bertz CT molecular complexity index is 862. The molecule has 0 radical (unpaired) electrons. The number of aryl methyl sites for hydroxylation is 1. The summed E-state index contributed by atoms with van der Waals surface area (Å²) in [6.07, 6.45) is 0. The van der Waals surface area contributed by atoms with Crippen LogP contribution in [0, 0.1) is 6.92 Å². The summed E-state index contributed by atoms with van der Waals surface area (Å²) in [5.74, 6) is -0.402. The molecule has 0 fully saturated rings. The number of para-hydroxylation sites is 1. The van der Waals surface area contributed by atoms with Crippen LogP contribution < -0.4 is 16.7 Å². The summed E-state index contributed by atoms with van der Waals surface area (Å²) in [4.78, 5) is 23.9. The highest BCUT2D eigenvalue weighted by Crippen LogP contribution is 2.14. The van der Waals surface area contributed by atoms with E-state index in [-0.39, 0.29) is 11.3 Å². The van der Waals surface area contributed by atoms with Gasteiger partial charge in [-0.05, 0) is 25.5 Å². The molecule has 22 heavy (non-hydrogen) atoms. The second-order valence-corrected chi connectivity index (χ2v) is 5.03. The third-order valence-corrected chi connectivity index (χ3v) is 3.48. The number of rotatable bonds is 3. The van der Waals surface area contributed by atoms with E-state index in [1.807, 2.05) is 31.2 Å². The van der Waals surface area contributed by atoms with Crippen molar-refractivity contribution in [2.75, 3.05) is 5.43 Å². The largest absolute Gasteiger partial charge is 0.494 e. The monoisotopic (exact) mass is 302 g/mol. The Labute approximate surface area is 127 Å². The van der Waals surface area contributed by atoms with E-state index in [9.17, 15) is 14.7 Å². The summed E-state index contributed by atoms with van der Waals surface area (Å²) < 4.78 is 1.94. The quantitative estimate of drug-likeness (QED) is 0.652. The molecule has 0 aliphatic heterocycles. The Hall–Kier alpha value is -2.83. The number of benzene rings is 1. The van der Waals surface area contributed by atoms with E-state index < -0.39 is 17.1 Å². The molecule has 0 unspecified atom stereocenters. The second-order valence-electron chi connectivity index (χ2n) is 5.03. The predicted molar refractivity (Wildman–Crippen MR) is 85.6 cm³/mol. The van der Waals surface area contributed by atoms with Crippen molar-refractivity contribution < 1.29 is 5.11 Å². The molecule has 7 heteroatoms. The van der Waals surface area contributed by atoms with Crippen LogP contribution in [0.4, 0.5) is 5.69 Å². The minimum Gasteiger partial charge on any atom is -0.494 e. The van der Waals surface area contributed by atoms with E-state index in [1.165, 1.54) is 14.1 Å². The molecule has 0 spiro atoms. The van der Waals surface area contributed by atoms with Gasteiger partial charge in [-0.2, -0.15) is 5.10 Å². The third-order valence-electron chi connectivity index (χ3n) is 3.48. The first-order valence-corrected chi connectivity index (χ1v) is 6.70. The lowest BCUT2D eigenvalue weighted by atomic mass is 10.2. The van der Waals surface area contributed by atoms with Crippen LogP contribution in [0.3, 0.4) is 0 Å². The summed E-state index contributed by atoms with van der Waals surface area (Å²) in [7, 11) is 2.75. The Morgan fingerprint density at radius 2 is 1.82 bits per heavy atom. The van der Waals surface area contributed by atoms with Gasteiger partial charge in [0.25, 0.3) is 5.56 Å². The number of nitrogens with one attached hydrogen (secondary N) is 1. The highest BCUT2D eigenvalue weighted by molar-refractivity contribution is 6.00. The van der Waals surface area contributed by atoms with E-state index in [4.69, 9.17) is 0 Å². The van der Waals surface area contributed by atoms with E-state index in [2.05, 4.69) is 10.5 Å². The Kier molecular flexibility index (Phi) is 4.16. The van der Waals surface area contributed by atoms with Crippen molar-refractivity contribution in [3.05, 3.63) is 56.2 Å². The topological polar surface area (TPSA) is 88.6 Å². The third kappa shape index (κ3) is 2.65. The van der Waals surface area contributed by atoms with Crippen LogP contribution in [0.15, 0.2) is 39.0 Å². The van der Waals surface area contributed by atoms with Crippen LogP contribution in [-0.4, -0.2) is 20.0 Å². The summed E-state index contributed by atoms with van der Waals surface area (Å²) in [6.45, 7) is 3.52. The number of nitrogens with zero attached hydrogens (tertiary/aromatic N) is 3. The summed E-state index contributed by atoms with van der Waals surface area (Å²) in [5, 5.41) is 14.2. The van der Waals surface area contributed by atoms with Crippen LogP contribution in [0.2, 0.25) is 0 Å². The van der Waals surface area contributed by atoms with E-state index in [0.717, 1.165) is 20.4 Å². The van der Waals surface area contributed by atoms with Crippen LogP contribution in [0.5, 0.6) is 5.88 Å². The van der Waals surface area contributed by atoms with Crippen molar-refractivity contribution >= 4 is 11.4 Å². The van der Waals surface area contributed by atoms with Crippen LogP contribution in [-0.2, 0) is 14.1 Å². The van der Waals surface area contributed by atoms with Crippen molar-refractivity contribution in [2.24, 2.45) is 19.2 Å². The fourth-order valence-corrected chi connectivity index (χ4v) is 2.05. The maximum absolute atomic E-state index is 12.2. The molecular weight excluding hydrogens is 284 g/mol. The smallest absolute Gasteiger partial charge is 0.333 e. The molecule has 2 aromatic rings. The number of hydrogen-bond acceptors (Lipinski definition) is 5. The number of hydrazone groups is 1. The molecule has 0 amide bonds. The van der Waals surface area contributed by atoms with Crippen LogP contribution in [0.25, 0.3) is 0 Å². The highest BCUT2D eigenvalue weighted by atomic mass is 16.3. The second kappa shape index (κ2) is 5.88. The zero-order valence-electron chi connectivity index (χ0n) is 12.9. The Morgan fingerprint density at radius 1 is 1.18 bits per heavy atom. The number of anilines is 1. The Balaban J connectivity index is 2.49. The molecule has 7 nitrogen and oxygen atoms in total. The lowest BCUT2D eigenvalue weighted by molar-refractivity contribution is 0.410.